The van der Waals surface area contributed by atoms with Gasteiger partial charge in [0.25, 0.3) is 11.4 Å². The number of amides is 1. The van der Waals surface area contributed by atoms with Crippen molar-refractivity contribution in [2.45, 2.75) is 6.92 Å². The molecule has 34 heavy (non-hydrogen) atoms. The Balaban J connectivity index is 1.72. The van der Waals surface area contributed by atoms with Crippen molar-refractivity contribution in [1.29, 1.82) is 0 Å². The smallest absolute Gasteiger partial charge is 0.299 e. The normalized spacial score (nSPS) is 11.0. The summed E-state index contributed by atoms with van der Waals surface area (Å²) in [7, 11) is 0. The van der Waals surface area contributed by atoms with Crippen LogP contribution in [-0.2, 0) is 4.79 Å². The molecule has 0 aliphatic carbocycles. The van der Waals surface area contributed by atoms with Crippen LogP contribution < -0.4 is 10.6 Å². The SMILES string of the molecule is CC(=O)Nc1cc(Nc2ccccc2N=Cc2cc3ccccc3[nH]2)c([N+](=O)[O-])cc1[N+](=O)[O-]. The van der Waals surface area contributed by atoms with E-state index in [2.05, 4.69) is 20.6 Å². The number of carbonyl (C=O) groups is 1. The number of nitro groups is 2. The van der Waals surface area contributed by atoms with Gasteiger partial charge in [0.1, 0.15) is 11.4 Å². The second-order valence-electron chi connectivity index (χ2n) is 7.29. The number of nitrogens with one attached hydrogen (secondary N) is 3. The largest absolute Gasteiger partial charge is 0.354 e. The molecule has 4 aromatic rings. The number of aliphatic imine (C=N–C) groups is 1. The maximum atomic E-state index is 11.6. The molecule has 1 heterocycles. The topological polar surface area (TPSA) is 156 Å². The first-order chi connectivity index (χ1) is 16.3. The van der Waals surface area contributed by atoms with Gasteiger partial charge in [-0.15, -0.1) is 0 Å². The molecular weight excluding hydrogens is 440 g/mol. The Morgan fingerprint density at radius 2 is 1.59 bits per heavy atom. The van der Waals surface area contributed by atoms with E-state index in [0.717, 1.165) is 28.7 Å². The number of hydrogen-bond donors (Lipinski definition) is 3. The molecular formula is C23H18N6O5. The van der Waals surface area contributed by atoms with E-state index in [-0.39, 0.29) is 11.4 Å². The number of aromatic amines is 1. The fourth-order valence-electron chi connectivity index (χ4n) is 3.41. The minimum atomic E-state index is -0.791. The number of nitrogens with zero attached hydrogens (tertiary/aromatic N) is 3. The summed E-state index contributed by atoms with van der Waals surface area (Å²) in [4.78, 5) is 40.7. The van der Waals surface area contributed by atoms with Gasteiger partial charge in [0.15, 0.2) is 0 Å². The number of hydrogen-bond acceptors (Lipinski definition) is 7. The molecule has 11 nitrogen and oxygen atoms in total. The van der Waals surface area contributed by atoms with Gasteiger partial charge in [0, 0.05) is 17.8 Å². The van der Waals surface area contributed by atoms with E-state index in [4.69, 9.17) is 0 Å². The van der Waals surface area contributed by atoms with Crippen molar-refractivity contribution in [3.8, 4) is 0 Å². The summed E-state index contributed by atoms with van der Waals surface area (Å²) in [6.45, 7) is 1.19. The first kappa shape index (κ1) is 22.1. The fourth-order valence-corrected chi connectivity index (χ4v) is 3.41. The molecule has 0 saturated heterocycles. The second-order valence-corrected chi connectivity index (χ2v) is 7.29. The Kier molecular flexibility index (Phi) is 5.99. The van der Waals surface area contributed by atoms with Gasteiger partial charge in [-0.25, -0.2) is 0 Å². The lowest BCUT2D eigenvalue weighted by Gasteiger charge is -2.12. The number of benzene rings is 3. The quantitative estimate of drug-likeness (QED) is 0.190. The molecule has 3 aromatic carbocycles. The zero-order chi connectivity index (χ0) is 24.2. The van der Waals surface area contributed by atoms with E-state index in [1.54, 1.807) is 30.5 Å². The molecule has 0 fully saturated rings. The van der Waals surface area contributed by atoms with Crippen LogP contribution >= 0.6 is 0 Å². The zero-order valence-electron chi connectivity index (χ0n) is 17.8. The highest BCUT2D eigenvalue weighted by Crippen LogP contribution is 2.39. The molecule has 0 saturated carbocycles. The van der Waals surface area contributed by atoms with Crippen molar-refractivity contribution in [2.24, 2.45) is 4.99 Å². The van der Waals surface area contributed by atoms with Crippen LogP contribution in [0, 0.1) is 20.2 Å². The summed E-state index contributed by atoms with van der Waals surface area (Å²) in [6.07, 6.45) is 1.63. The van der Waals surface area contributed by atoms with Crippen molar-refractivity contribution in [3.05, 3.63) is 92.7 Å². The number of fused-ring (bicyclic) bond motifs is 1. The predicted molar refractivity (Wildman–Crippen MR) is 129 cm³/mol. The van der Waals surface area contributed by atoms with Crippen LogP contribution in [0.5, 0.6) is 0 Å². The van der Waals surface area contributed by atoms with E-state index in [0.29, 0.717) is 11.4 Å². The van der Waals surface area contributed by atoms with Crippen molar-refractivity contribution in [2.75, 3.05) is 10.6 Å². The van der Waals surface area contributed by atoms with Gasteiger partial charge in [-0.1, -0.05) is 30.3 Å². The lowest BCUT2D eigenvalue weighted by atomic mass is 10.2. The van der Waals surface area contributed by atoms with E-state index < -0.39 is 27.1 Å². The third-order valence-corrected chi connectivity index (χ3v) is 4.89. The summed E-state index contributed by atoms with van der Waals surface area (Å²) >= 11 is 0. The van der Waals surface area contributed by atoms with Crippen LogP contribution in [0.15, 0.2) is 71.7 Å². The summed E-state index contributed by atoms with van der Waals surface area (Å²) in [5.41, 5.74) is 1.34. The van der Waals surface area contributed by atoms with Gasteiger partial charge < -0.3 is 15.6 Å². The maximum absolute atomic E-state index is 11.6. The van der Waals surface area contributed by atoms with E-state index >= 15 is 0 Å². The summed E-state index contributed by atoms with van der Waals surface area (Å²) in [5, 5.41) is 29.3. The minimum Gasteiger partial charge on any atom is -0.354 e. The monoisotopic (exact) mass is 458 g/mol. The van der Waals surface area contributed by atoms with Crippen molar-refractivity contribution in [3.63, 3.8) is 0 Å². The molecule has 1 aromatic heterocycles. The molecule has 0 unspecified atom stereocenters. The first-order valence-electron chi connectivity index (χ1n) is 10.0. The standard InChI is InChI=1S/C23H18N6O5/c1-14(30)25-20-11-21(23(29(33)34)12-22(20)28(31)32)27-19-9-5-4-8-18(19)24-13-16-10-15-6-2-3-7-17(15)26-16/h2-13,26-27H,1H3,(H,25,30). The molecule has 0 radical (unpaired) electrons. The molecule has 0 aliphatic heterocycles. The Morgan fingerprint density at radius 3 is 2.29 bits per heavy atom. The number of carbonyl (C=O) groups excluding carboxylic acids is 1. The third-order valence-electron chi connectivity index (χ3n) is 4.89. The van der Waals surface area contributed by atoms with Crippen LogP contribution in [0.1, 0.15) is 12.6 Å². The highest BCUT2D eigenvalue weighted by Gasteiger charge is 2.25. The van der Waals surface area contributed by atoms with Crippen molar-refractivity contribution in [1.82, 2.24) is 4.98 Å². The minimum absolute atomic E-state index is 0.0346. The van der Waals surface area contributed by atoms with Crippen LogP contribution in [0.2, 0.25) is 0 Å². The number of H-pyrrole nitrogens is 1. The van der Waals surface area contributed by atoms with Gasteiger partial charge in [-0.05, 0) is 30.3 Å². The summed E-state index contributed by atoms with van der Waals surface area (Å²) in [5.74, 6) is -0.550. The number of nitro benzene ring substituents is 2. The lowest BCUT2D eigenvalue weighted by molar-refractivity contribution is -0.393. The van der Waals surface area contributed by atoms with Crippen LogP contribution in [0.3, 0.4) is 0 Å². The molecule has 170 valence electrons. The lowest BCUT2D eigenvalue weighted by Crippen LogP contribution is -2.09. The van der Waals surface area contributed by atoms with E-state index in [9.17, 15) is 25.0 Å². The van der Waals surface area contributed by atoms with Gasteiger partial charge in [0.05, 0.1) is 39.2 Å². The number of para-hydroxylation sites is 3. The van der Waals surface area contributed by atoms with Gasteiger partial charge in [0.2, 0.25) is 5.91 Å². The van der Waals surface area contributed by atoms with Crippen molar-refractivity contribution < 1.29 is 14.6 Å². The molecule has 4 rings (SSSR count). The summed E-state index contributed by atoms with van der Waals surface area (Å²) < 4.78 is 0. The van der Waals surface area contributed by atoms with Gasteiger partial charge in [-0.3, -0.25) is 30.0 Å². The average molecular weight is 458 g/mol. The molecule has 0 atom stereocenters. The average Bonchev–Trinajstić information content (AvgIpc) is 3.21. The van der Waals surface area contributed by atoms with Crippen LogP contribution in [0.25, 0.3) is 10.9 Å². The maximum Gasteiger partial charge on any atom is 0.299 e. The van der Waals surface area contributed by atoms with Gasteiger partial charge >= 0.3 is 0 Å². The first-order valence-corrected chi connectivity index (χ1v) is 10.0. The van der Waals surface area contributed by atoms with E-state index in [1.165, 1.54) is 6.92 Å². The molecule has 0 spiro atoms. The Bertz CT molecular complexity index is 1430. The molecule has 0 aliphatic rings. The third kappa shape index (κ3) is 4.72. The fraction of sp³-hybridized carbons (Fsp3) is 0.0435. The van der Waals surface area contributed by atoms with Gasteiger partial charge in [-0.2, -0.15) is 0 Å². The molecule has 0 bridgehead atoms. The molecule has 1 amide bonds. The Morgan fingerprint density at radius 1 is 0.912 bits per heavy atom. The highest BCUT2D eigenvalue weighted by molar-refractivity contribution is 5.95. The summed E-state index contributed by atoms with van der Waals surface area (Å²) in [6, 6.07) is 18.5. The Labute approximate surface area is 192 Å². The predicted octanol–water partition coefficient (Wildman–Crippen LogP) is 5.44. The molecule has 11 heteroatoms. The number of anilines is 3. The van der Waals surface area contributed by atoms with E-state index in [1.807, 2.05) is 30.3 Å². The second kappa shape index (κ2) is 9.20. The Hall–Kier alpha value is -5.06. The van der Waals surface area contributed by atoms with Crippen LogP contribution in [-0.4, -0.2) is 27.0 Å². The number of rotatable bonds is 7. The highest BCUT2D eigenvalue weighted by atomic mass is 16.6. The van der Waals surface area contributed by atoms with Crippen molar-refractivity contribution >= 4 is 57.1 Å². The van der Waals surface area contributed by atoms with Crippen LogP contribution in [0.4, 0.5) is 34.1 Å². The number of aromatic nitrogens is 1. The molecule has 3 N–H and O–H groups in total. The zero-order valence-corrected chi connectivity index (χ0v) is 17.8.